The van der Waals surface area contributed by atoms with E-state index in [4.69, 9.17) is 11.6 Å². The summed E-state index contributed by atoms with van der Waals surface area (Å²) in [4.78, 5) is 11.7. The molecule has 0 bridgehead atoms. The van der Waals surface area contributed by atoms with Gasteiger partial charge in [0.25, 0.3) is 0 Å². The highest BCUT2D eigenvalue weighted by molar-refractivity contribution is 6.32. The number of aromatic amines is 1. The number of carbonyl (C=O) groups is 1. The molecule has 0 unspecified atom stereocenters. The van der Waals surface area contributed by atoms with Gasteiger partial charge in [-0.05, 0) is 24.6 Å². The number of nitrogens with one attached hydrogen (secondary N) is 2. The van der Waals surface area contributed by atoms with Crippen LogP contribution in [0.1, 0.15) is 18.2 Å². The fourth-order valence-corrected chi connectivity index (χ4v) is 1.83. The number of benzene rings is 1. The third-order valence-corrected chi connectivity index (χ3v) is 2.99. The Bertz CT molecular complexity index is 631. The summed E-state index contributed by atoms with van der Waals surface area (Å²) in [5.74, 6) is -0.454. The van der Waals surface area contributed by atoms with Gasteiger partial charge in [0.05, 0.1) is 5.02 Å². The summed E-state index contributed by atoms with van der Waals surface area (Å²) in [5, 5.41) is 9.53. The van der Waals surface area contributed by atoms with Crippen molar-refractivity contribution in [1.82, 2.24) is 10.2 Å². The van der Waals surface area contributed by atoms with Gasteiger partial charge < -0.3 is 5.32 Å². The van der Waals surface area contributed by atoms with E-state index in [1.165, 1.54) is 24.3 Å². The maximum atomic E-state index is 13.5. The number of rotatable bonds is 4. The first-order valence-corrected chi connectivity index (χ1v) is 6.45. The number of nitrogens with zero attached hydrogens (tertiary/aromatic N) is 1. The highest BCUT2D eigenvalue weighted by Gasteiger charge is 2.05. The zero-order valence-electron chi connectivity index (χ0n) is 10.8. The molecule has 1 heterocycles. The van der Waals surface area contributed by atoms with Crippen LogP contribution < -0.4 is 5.32 Å². The van der Waals surface area contributed by atoms with Gasteiger partial charge >= 0.3 is 0 Å². The molecule has 0 fully saturated rings. The molecule has 6 heteroatoms. The molecular weight excluding hydrogens is 281 g/mol. The van der Waals surface area contributed by atoms with Crippen molar-refractivity contribution in [3.05, 3.63) is 52.4 Å². The van der Waals surface area contributed by atoms with Crippen LogP contribution in [0.4, 0.5) is 10.2 Å². The van der Waals surface area contributed by atoms with Crippen molar-refractivity contribution in [3.8, 4) is 0 Å². The van der Waals surface area contributed by atoms with Gasteiger partial charge in [-0.3, -0.25) is 9.89 Å². The maximum Gasteiger partial charge on any atom is 0.249 e. The van der Waals surface area contributed by atoms with Gasteiger partial charge in [0.15, 0.2) is 5.82 Å². The van der Waals surface area contributed by atoms with Crippen LogP contribution in [-0.2, 0) is 11.2 Å². The minimum atomic E-state index is -0.477. The van der Waals surface area contributed by atoms with Gasteiger partial charge in [-0.1, -0.05) is 24.6 Å². The summed E-state index contributed by atoms with van der Waals surface area (Å²) in [6.45, 7) is 1.97. The van der Waals surface area contributed by atoms with E-state index in [-0.39, 0.29) is 10.6 Å². The monoisotopic (exact) mass is 293 g/mol. The lowest BCUT2D eigenvalue weighted by molar-refractivity contribution is -0.111. The van der Waals surface area contributed by atoms with Crippen LogP contribution in [0.25, 0.3) is 6.08 Å². The lowest BCUT2D eigenvalue weighted by atomic mass is 10.2. The van der Waals surface area contributed by atoms with E-state index in [2.05, 4.69) is 15.5 Å². The number of hydrogen-bond donors (Lipinski definition) is 2. The molecule has 104 valence electrons. The number of carbonyl (C=O) groups excluding carboxylic acids is 1. The van der Waals surface area contributed by atoms with Crippen LogP contribution in [0.5, 0.6) is 0 Å². The lowest BCUT2D eigenvalue weighted by Gasteiger charge is -2.00. The largest absolute Gasteiger partial charge is 0.306 e. The Balaban J connectivity index is 2.06. The average Bonchev–Trinajstić information content (AvgIpc) is 2.86. The fraction of sp³-hybridized carbons (Fsp3) is 0.143. The lowest BCUT2D eigenvalue weighted by Crippen LogP contribution is -2.08. The Hall–Kier alpha value is -2.14. The molecule has 0 radical (unpaired) electrons. The number of anilines is 1. The standard InChI is InChI=1S/C14H13ClFN3O/c1-2-9-8-13(19-18-9)17-14(20)7-6-10-11(15)4-3-5-12(10)16/h3-8H,2H2,1H3,(H2,17,18,19,20)/b7-6+. The number of halogens is 2. The number of aromatic nitrogens is 2. The summed E-state index contributed by atoms with van der Waals surface area (Å²) in [6.07, 6.45) is 3.34. The summed E-state index contributed by atoms with van der Waals surface area (Å²) >= 11 is 5.85. The van der Waals surface area contributed by atoms with Crippen molar-refractivity contribution < 1.29 is 9.18 Å². The molecule has 0 saturated heterocycles. The van der Waals surface area contributed by atoms with E-state index in [0.29, 0.717) is 5.82 Å². The fourth-order valence-electron chi connectivity index (χ4n) is 1.60. The van der Waals surface area contributed by atoms with Crippen LogP contribution in [-0.4, -0.2) is 16.1 Å². The molecule has 0 aliphatic heterocycles. The molecule has 1 aromatic heterocycles. The zero-order valence-corrected chi connectivity index (χ0v) is 11.5. The SMILES string of the molecule is CCc1cc(NC(=O)/C=C/c2c(F)cccc2Cl)n[nH]1. The van der Waals surface area contributed by atoms with Crippen molar-refractivity contribution >= 4 is 29.4 Å². The Morgan fingerprint density at radius 3 is 3.00 bits per heavy atom. The maximum absolute atomic E-state index is 13.5. The molecule has 2 aromatic rings. The molecule has 0 aliphatic carbocycles. The van der Waals surface area contributed by atoms with Crippen molar-refractivity contribution in [2.45, 2.75) is 13.3 Å². The first kappa shape index (κ1) is 14.3. The highest BCUT2D eigenvalue weighted by atomic mass is 35.5. The van der Waals surface area contributed by atoms with E-state index in [1.54, 1.807) is 12.1 Å². The smallest absolute Gasteiger partial charge is 0.249 e. The molecule has 1 aromatic carbocycles. The zero-order chi connectivity index (χ0) is 14.5. The number of hydrogen-bond acceptors (Lipinski definition) is 2. The Labute approximate surface area is 120 Å². The molecule has 0 atom stereocenters. The first-order chi connectivity index (χ1) is 9.60. The molecule has 20 heavy (non-hydrogen) atoms. The second kappa shape index (κ2) is 6.34. The van der Waals surface area contributed by atoms with Crippen LogP contribution in [0.15, 0.2) is 30.3 Å². The van der Waals surface area contributed by atoms with Crippen molar-refractivity contribution in [2.24, 2.45) is 0 Å². The number of amides is 1. The predicted octanol–water partition coefficient (Wildman–Crippen LogP) is 3.42. The summed E-state index contributed by atoms with van der Waals surface area (Å²) in [5.41, 5.74) is 1.10. The van der Waals surface area contributed by atoms with E-state index in [0.717, 1.165) is 12.1 Å². The van der Waals surface area contributed by atoms with Crippen molar-refractivity contribution in [1.29, 1.82) is 0 Å². The Morgan fingerprint density at radius 2 is 2.35 bits per heavy atom. The quantitative estimate of drug-likeness (QED) is 0.849. The molecule has 2 rings (SSSR count). The van der Waals surface area contributed by atoms with Crippen LogP contribution >= 0.6 is 11.6 Å². The number of aryl methyl sites for hydroxylation is 1. The van der Waals surface area contributed by atoms with Gasteiger partial charge in [-0.25, -0.2) is 4.39 Å². The minimum absolute atomic E-state index is 0.181. The molecule has 0 saturated carbocycles. The van der Waals surface area contributed by atoms with Crippen LogP contribution in [0.3, 0.4) is 0 Å². The van der Waals surface area contributed by atoms with Gasteiger partial charge in [-0.15, -0.1) is 0 Å². The van der Waals surface area contributed by atoms with E-state index in [1.807, 2.05) is 6.92 Å². The average molecular weight is 294 g/mol. The normalized spacial score (nSPS) is 10.9. The van der Waals surface area contributed by atoms with Gasteiger partial charge in [0.1, 0.15) is 5.82 Å². The van der Waals surface area contributed by atoms with Gasteiger partial charge in [-0.2, -0.15) is 5.10 Å². The van der Waals surface area contributed by atoms with Crippen LogP contribution in [0.2, 0.25) is 5.02 Å². The molecule has 2 N–H and O–H groups in total. The summed E-state index contributed by atoms with van der Waals surface area (Å²) < 4.78 is 13.5. The topological polar surface area (TPSA) is 57.8 Å². The Kier molecular flexibility index (Phi) is 4.53. The molecule has 4 nitrogen and oxygen atoms in total. The van der Waals surface area contributed by atoms with E-state index in [9.17, 15) is 9.18 Å². The van der Waals surface area contributed by atoms with Gasteiger partial charge in [0, 0.05) is 23.4 Å². The molecule has 0 aliphatic rings. The highest BCUT2D eigenvalue weighted by Crippen LogP contribution is 2.20. The van der Waals surface area contributed by atoms with Crippen LogP contribution in [0, 0.1) is 5.82 Å². The second-order valence-electron chi connectivity index (χ2n) is 4.09. The summed E-state index contributed by atoms with van der Waals surface area (Å²) in [7, 11) is 0. The predicted molar refractivity (Wildman–Crippen MR) is 77.0 cm³/mol. The number of H-pyrrole nitrogens is 1. The van der Waals surface area contributed by atoms with Crippen molar-refractivity contribution in [2.75, 3.05) is 5.32 Å². The molecule has 1 amide bonds. The second-order valence-corrected chi connectivity index (χ2v) is 4.50. The minimum Gasteiger partial charge on any atom is -0.306 e. The van der Waals surface area contributed by atoms with Crippen molar-refractivity contribution in [3.63, 3.8) is 0 Å². The van der Waals surface area contributed by atoms with E-state index < -0.39 is 11.7 Å². The molecule has 0 spiro atoms. The third-order valence-electron chi connectivity index (χ3n) is 2.66. The third kappa shape index (κ3) is 3.45. The van der Waals surface area contributed by atoms with E-state index >= 15 is 0 Å². The first-order valence-electron chi connectivity index (χ1n) is 6.07. The van der Waals surface area contributed by atoms with Gasteiger partial charge in [0.2, 0.25) is 5.91 Å². The Morgan fingerprint density at radius 1 is 1.55 bits per heavy atom. The molecular formula is C14H13ClFN3O. The summed E-state index contributed by atoms with van der Waals surface area (Å²) in [6, 6.07) is 6.08.